The van der Waals surface area contributed by atoms with E-state index in [1.54, 1.807) is 6.07 Å². The summed E-state index contributed by atoms with van der Waals surface area (Å²) in [5.41, 5.74) is 6.52. The Morgan fingerprint density at radius 3 is 2.92 bits per heavy atom. The van der Waals surface area contributed by atoms with Gasteiger partial charge in [0.2, 0.25) is 6.79 Å². The van der Waals surface area contributed by atoms with Crippen LogP contribution < -0.4 is 14.9 Å². The van der Waals surface area contributed by atoms with E-state index in [2.05, 4.69) is 33.1 Å². The number of fused-ring (bicyclic) bond motifs is 1. The van der Waals surface area contributed by atoms with Gasteiger partial charge in [0.25, 0.3) is 0 Å². The predicted octanol–water partition coefficient (Wildman–Crippen LogP) is 4.13. The molecule has 2 heterocycles. The molecule has 24 heavy (non-hydrogen) atoms. The third kappa shape index (κ3) is 2.57. The van der Waals surface area contributed by atoms with Gasteiger partial charge < -0.3 is 20.0 Å². The molecular weight excluding hydrogens is 443 g/mol. The molecule has 1 unspecified atom stereocenters. The van der Waals surface area contributed by atoms with Gasteiger partial charge in [-0.25, -0.2) is 0 Å². The molecule has 1 atom stereocenters. The molecule has 0 saturated heterocycles. The second-order valence-corrected chi connectivity index (χ2v) is 7.24. The van der Waals surface area contributed by atoms with Gasteiger partial charge in [-0.15, -0.1) is 0 Å². The van der Waals surface area contributed by atoms with Gasteiger partial charge in [-0.1, -0.05) is 17.7 Å². The summed E-state index contributed by atoms with van der Waals surface area (Å²) >= 11 is 8.37. The predicted molar refractivity (Wildman–Crippen MR) is 100 cm³/mol. The summed E-state index contributed by atoms with van der Waals surface area (Å²) < 4.78 is 11.5. The fraction of sp³-hybridized carbons (Fsp3) is 0.235. The lowest BCUT2D eigenvalue weighted by Gasteiger charge is -2.12. The highest BCUT2D eigenvalue weighted by Gasteiger charge is 2.26. The summed E-state index contributed by atoms with van der Waals surface area (Å²) in [5, 5.41) is 15.5. The van der Waals surface area contributed by atoms with Crippen molar-refractivity contribution in [2.24, 2.45) is 5.10 Å². The molecule has 0 saturated carbocycles. The third-order valence-electron chi connectivity index (χ3n) is 4.28. The van der Waals surface area contributed by atoms with Crippen molar-refractivity contribution >= 4 is 39.9 Å². The Bertz CT molecular complexity index is 869. The average molecular weight is 457 g/mol. The van der Waals surface area contributed by atoms with Crippen molar-refractivity contribution < 1.29 is 14.6 Å². The molecule has 0 amide bonds. The fourth-order valence-electron chi connectivity index (χ4n) is 2.86. The molecule has 2 aromatic rings. The minimum absolute atomic E-state index is 0.0200. The summed E-state index contributed by atoms with van der Waals surface area (Å²) in [7, 11) is 0. The van der Waals surface area contributed by atoms with E-state index >= 15 is 0 Å². The molecule has 2 aliphatic heterocycles. The number of halogens is 2. The number of nitrogens with one attached hydrogen (secondary N) is 1. The largest absolute Gasteiger partial charge is 0.506 e. The Hall–Kier alpha value is -1.67. The number of phenols is 1. The van der Waals surface area contributed by atoms with Crippen LogP contribution in [0.3, 0.4) is 0 Å². The summed E-state index contributed by atoms with van der Waals surface area (Å²) in [6, 6.07) is 7.66. The maximum absolute atomic E-state index is 10.4. The first kappa shape index (κ1) is 15.8. The Labute approximate surface area is 157 Å². The number of ether oxygens (including phenoxy) is 2. The van der Waals surface area contributed by atoms with Crippen molar-refractivity contribution in [3.63, 3.8) is 0 Å². The zero-order chi connectivity index (χ0) is 16.8. The SMILES string of the molecule is Cc1c(Cl)cc(C2=NNC(c3ccc4c(c3)OCO4)C2)c(O)c1I. The molecule has 0 fully saturated rings. The van der Waals surface area contributed by atoms with Crippen LogP contribution in [0.1, 0.15) is 29.2 Å². The Morgan fingerprint density at radius 2 is 2.08 bits per heavy atom. The van der Waals surface area contributed by atoms with Gasteiger partial charge in [0.05, 0.1) is 15.3 Å². The first-order valence-electron chi connectivity index (χ1n) is 7.44. The molecule has 5 nitrogen and oxygen atoms in total. The van der Waals surface area contributed by atoms with Crippen LogP contribution in [0, 0.1) is 10.5 Å². The number of hydrogen-bond acceptors (Lipinski definition) is 5. The minimum atomic E-state index is 0.0200. The van der Waals surface area contributed by atoms with Crippen LogP contribution >= 0.6 is 34.2 Å². The lowest BCUT2D eigenvalue weighted by Crippen LogP contribution is -2.10. The molecular formula is C17H14ClIN2O3. The molecule has 0 spiro atoms. The van der Waals surface area contributed by atoms with Crippen LogP contribution in [-0.4, -0.2) is 17.6 Å². The van der Waals surface area contributed by atoms with Gasteiger partial charge >= 0.3 is 0 Å². The fourth-order valence-corrected chi connectivity index (χ4v) is 3.80. The van der Waals surface area contributed by atoms with Gasteiger partial charge in [0.15, 0.2) is 11.5 Å². The second kappa shape index (κ2) is 6.00. The van der Waals surface area contributed by atoms with Crippen molar-refractivity contribution in [2.45, 2.75) is 19.4 Å². The van der Waals surface area contributed by atoms with Crippen molar-refractivity contribution in [3.05, 3.63) is 49.5 Å². The average Bonchev–Trinajstić information content (AvgIpc) is 3.24. The topological polar surface area (TPSA) is 63.1 Å². The van der Waals surface area contributed by atoms with Gasteiger partial charge in [-0.3, -0.25) is 0 Å². The monoisotopic (exact) mass is 456 g/mol. The van der Waals surface area contributed by atoms with Gasteiger partial charge in [-0.05, 0) is 58.8 Å². The van der Waals surface area contributed by atoms with Crippen LogP contribution in [0.5, 0.6) is 17.2 Å². The summed E-state index contributed by atoms with van der Waals surface area (Å²) in [5.74, 6) is 1.73. The van der Waals surface area contributed by atoms with Crippen molar-refractivity contribution in [3.8, 4) is 17.2 Å². The molecule has 4 rings (SSSR count). The molecule has 0 aliphatic carbocycles. The van der Waals surface area contributed by atoms with Crippen LogP contribution in [-0.2, 0) is 0 Å². The molecule has 2 N–H and O–H groups in total. The van der Waals surface area contributed by atoms with Crippen molar-refractivity contribution in [2.75, 3.05) is 6.79 Å². The van der Waals surface area contributed by atoms with Crippen LogP contribution in [0.15, 0.2) is 29.4 Å². The smallest absolute Gasteiger partial charge is 0.231 e. The lowest BCUT2D eigenvalue weighted by molar-refractivity contribution is 0.174. The summed E-state index contributed by atoms with van der Waals surface area (Å²) in [4.78, 5) is 0. The van der Waals surface area contributed by atoms with Crippen LogP contribution in [0.25, 0.3) is 0 Å². The zero-order valence-corrected chi connectivity index (χ0v) is 15.7. The van der Waals surface area contributed by atoms with E-state index in [4.69, 9.17) is 21.1 Å². The second-order valence-electron chi connectivity index (χ2n) is 5.75. The highest BCUT2D eigenvalue weighted by molar-refractivity contribution is 14.1. The molecule has 124 valence electrons. The van der Waals surface area contributed by atoms with Gasteiger partial charge in [-0.2, -0.15) is 5.10 Å². The molecule has 0 aromatic heterocycles. The molecule has 0 radical (unpaired) electrons. The first-order chi connectivity index (χ1) is 11.5. The zero-order valence-electron chi connectivity index (χ0n) is 12.8. The number of aromatic hydroxyl groups is 1. The van der Waals surface area contributed by atoms with Gasteiger partial charge in [0.1, 0.15) is 5.75 Å². The number of hydrazone groups is 1. The van der Waals surface area contributed by atoms with E-state index in [-0.39, 0.29) is 18.6 Å². The number of benzene rings is 2. The Balaban J connectivity index is 1.61. The molecule has 2 aromatic carbocycles. The van der Waals surface area contributed by atoms with Gasteiger partial charge in [0, 0.05) is 17.0 Å². The maximum atomic E-state index is 10.4. The molecule has 0 bridgehead atoms. The van der Waals surface area contributed by atoms with E-state index < -0.39 is 0 Å². The normalized spacial score (nSPS) is 18.5. The Morgan fingerprint density at radius 1 is 1.29 bits per heavy atom. The van der Waals surface area contributed by atoms with Crippen LogP contribution in [0.4, 0.5) is 0 Å². The summed E-state index contributed by atoms with van der Waals surface area (Å²) in [6.07, 6.45) is 0.655. The quantitative estimate of drug-likeness (QED) is 0.667. The number of rotatable bonds is 2. The molecule has 7 heteroatoms. The van der Waals surface area contributed by atoms with Crippen molar-refractivity contribution in [1.29, 1.82) is 0 Å². The van der Waals surface area contributed by atoms with Crippen LogP contribution in [0.2, 0.25) is 5.02 Å². The van der Waals surface area contributed by atoms with E-state index in [1.807, 2.05) is 25.1 Å². The third-order valence-corrected chi connectivity index (χ3v) is 6.00. The van der Waals surface area contributed by atoms with E-state index in [0.717, 1.165) is 31.9 Å². The lowest BCUT2D eigenvalue weighted by atomic mass is 9.97. The number of phenolic OH excluding ortho intramolecular Hbond substituents is 1. The van der Waals surface area contributed by atoms with E-state index in [9.17, 15) is 5.11 Å². The van der Waals surface area contributed by atoms with E-state index in [1.165, 1.54) is 0 Å². The first-order valence-corrected chi connectivity index (χ1v) is 8.90. The standard InChI is InChI=1S/C17H14ClIN2O3/c1-8-11(18)5-10(17(22)16(8)19)13-6-12(20-21-13)9-2-3-14-15(4-9)24-7-23-14/h2-5,12,20,22H,6-7H2,1H3. The van der Waals surface area contributed by atoms with E-state index in [0.29, 0.717) is 17.0 Å². The summed E-state index contributed by atoms with van der Waals surface area (Å²) in [6.45, 7) is 2.14. The Kier molecular flexibility index (Phi) is 3.96. The highest BCUT2D eigenvalue weighted by atomic mass is 127. The highest BCUT2D eigenvalue weighted by Crippen LogP contribution is 2.38. The maximum Gasteiger partial charge on any atom is 0.231 e. The number of hydrogen-bond donors (Lipinski definition) is 2. The van der Waals surface area contributed by atoms with Crippen molar-refractivity contribution in [1.82, 2.24) is 5.43 Å². The minimum Gasteiger partial charge on any atom is -0.506 e. The molecule has 2 aliphatic rings. The number of nitrogens with zero attached hydrogens (tertiary/aromatic N) is 1.